The molecular formula is C32H37N3O5. The molecular weight excluding hydrogens is 506 g/mol. The van der Waals surface area contributed by atoms with Gasteiger partial charge in [-0.3, -0.25) is 9.69 Å². The second-order valence-corrected chi connectivity index (χ2v) is 10.7. The SMILES string of the molecule is CCN(C(=O)C(CN(C)Cc1ccccc1)NC(=O)OCC1c2ccccc2-c2ccccc21)C(C)(C)C(=O)O. The smallest absolute Gasteiger partial charge is 0.407 e. The number of ether oxygens (including phenoxy) is 1. The van der Waals surface area contributed by atoms with E-state index in [1.807, 2.05) is 78.7 Å². The van der Waals surface area contributed by atoms with Crippen molar-refractivity contribution in [3.05, 3.63) is 95.6 Å². The van der Waals surface area contributed by atoms with E-state index in [1.165, 1.54) is 18.7 Å². The van der Waals surface area contributed by atoms with E-state index in [9.17, 15) is 19.5 Å². The minimum atomic E-state index is -1.45. The number of hydrogen-bond donors (Lipinski definition) is 2. The van der Waals surface area contributed by atoms with Crippen LogP contribution >= 0.6 is 0 Å². The van der Waals surface area contributed by atoms with Crippen LogP contribution in [0.25, 0.3) is 11.1 Å². The Bertz CT molecular complexity index is 1310. The Balaban J connectivity index is 1.50. The lowest BCUT2D eigenvalue weighted by Gasteiger charge is -2.37. The topological polar surface area (TPSA) is 99.2 Å². The fourth-order valence-corrected chi connectivity index (χ4v) is 5.37. The van der Waals surface area contributed by atoms with Crippen LogP contribution < -0.4 is 5.32 Å². The molecule has 0 saturated heterocycles. The van der Waals surface area contributed by atoms with Gasteiger partial charge in [0.25, 0.3) is 0 Å². The number of likely N-dealkylation sites (N-methyl/N-ethyl adjacent to an activating group) is 2. The van der Waals surface area contributed by atoms with Gasteiger partial charge >= 0.3 is 12.1 Å². The van der Waals surface area contributed by atoms with Crippen molar-refractivity contribution in [1.29, 1.82) is 0 Å². The number of fused-ring (bicyclic) bond motifs is 3. The van der Waals surface area contributed by atoms with Gasteiger partial charge in [0.15, 0.2) is 0 Å². The van der Waals surface area contributed by atoms with E-state index >= 15 is 0 Å². The van der Waals surface area contributed by atoms with Crippen LogP contribution in [0, 0.1) is 0 Å². The molecule has 8 heteroatoms. The Kier molecular flexibility index (Phi) is 8.90. The predicted molar refractivity (Wildman–Crippen MR) is 154 cm³/mol. The average Bonchev–Trinajstić information content (AvgIpc) is 3.25. The van der Waals surface area contributed by atoms with Crippen molar-refractivity contribution in [2.75, 3.05) is 26.7 Å². The largest absolute Gasteiger partial charge is 0.480 e. The summed E-state index contributed by atoms with van der Waals surface area (Å²) in [5, 5.41) is 12.5. The quantitative estimate of drug-likeness (QED) is 0.363. The molecule has 0 radical (unpaired) electrons. The Labute approximate surface area is 235 Å². The molecule has 0 fully saturated rings. The van der Waals surface area contributed by atoms with Gasteiger partial charge in [-0.1, -0.05) is 78.9 Å². The summed E-state index contributed by atoms with van der Waals surface area (Å²) in [7, 11) is 1.85. The maximum absolute atomic E-state index is 13.7. The van der Waals surface area contributed by atoms with Gasteiger partial charge in [0, 0.05) is 25.6 Å². The highest BCUT2D eigenvalue weighted by Gasteiger charge is 2.40. The standard InChI is InChI=1S/C32H37N3O5/c1-5-35(32(2,3)30(37)38)29(36)28(20-34(4)19-22-13-7-6-8-14-22)33-31(39)40-21-27-25-17-11-9-15-23(25)24-16-10-12-18-26(24)27/h6-18,27-28H,5,19-21H2,1-4H3,(H,33,39)(H,37,38). The summed E-state index contributed by atoms with van der Waals surface area (Å²) in [5.74, 6) is -1.73. The number of carbonyl (C=O) groups excluding carboxylic acids is 2. The number of amides is 2. The molecule has 1 unspecified atom stereocenters. The van der Waals surface area contributed by atoms with Gasteiger partial charge in [-0.15, -0.1) is 0 Å². The molecule has 0 bridgehead atoms. The normalized spacial score (nSPS) is 13.3. The van der Waals surface area contributed by atoms with E-state index in [0.717, 1.165) is 27.8 Å². The van der Waals surface area contributed by atoms with E-state index in [-0.39, 0.29) is 25.6 Å². The third-order valence-corrected chi connectivity index (χ3v) is 7.50. The van der Waals surface area contributed by atoms with Crippen LogP contribution in [0.5, 0.6) is 0 Å². The molecule has 1 aliphatic rings. The highest BCUT2D eigenvalue weighted by atomic mass is 16.5. The zero-order valence-corrected chi connectivity index (χ0v) is 23.5. The molecule has 0 aliphatic heterocycles. The lowest BCUT2D eigenvalue weighted by Crippen LogP contribution is -2.60. The molecule has 0 saturated carbocycles. The number of hydrogen-bond acceptors (Lipinski definition) is 5. The summed E-state index contributed by atoms with van der Waals surface area (Å²) >= 11 is 0. The first-order valence-electron chi connectivity index (χ1n) is 13.5. The zero-order chi connectivity index (χ0) is 28.9. The Hall–Kier alpha value is -4.17. The van der Waals surface area contributed by atoms with Crippen molar-refractivity contribution in [1.82, 2.24) is 15.1 Å². The summed E-state index contributed by atoms with van der Waals surface area (Å²) in [6, 6.07) is 24.9. The van der Waals surface area contributed by atoms with E-state index in [1.54, 1.807) is 6.92 Å². The Morgan fingerprint density at radius 2 is 1.48 bits per heavy atom. The third kappa shape index (κ3) is 6.18. The molecule has 0 aromatic heterocycles. The summed E-state index contributed by atoms with van der Waals surface area (Å²) in [4.78, 5) is 42.0. The lowest BCUT2D eigenvalue weighted by molar-refractivity contribution is -0.157. The highest BCUT2D eigenvalue weighted by molar-refractivity contribution is 5.91. The predicted octanol–water partition coefficient (Wildman–Crippen LogP) is 4.74. The second kappa shape index (κ2) is 12.3. The molecule has 3 aromatic carbocycles. The van der Waals surface area contributed by atoms with Crippen LogP contribution in [0.15, 0.2) is 78.9 Å². The number of alkyl carbamates (subject to hydrolysis) is 1. The molecule has 0 heterocycles. The fraction of sp³-hybridized carbons (Fsp3) is 0.344. The first-order valence-corrected chi connectivity index (χ1v) is 13.5. The maximum atomic E-state index is 13.7. The summed E-state index contributed by atoms with van der Waals surface area (Å²) < 4.78 is 5.71. The molecule has 8 nitrogen and oxygen atoms in total. The van der Waals surface area contributed by atoms with Crippen molar-refractivity contribution in [3.63, 3.8) is 0 Å². The minimum Gasteiger partial charge on any atom is -0.480 e. The Morgan fingerprint density at radius 3 is 2.02 bits per heavy atom. The number of nitrogens with one attached hydrogen (secondary N) is 1. The van der Waals surface area contributed by atoms with Crippen molar-refractivity contribution in [2.24, 2.45) is 0 Å². The van der Waals surface area contributed by atoms with E-state index in [0.29, 0.717) is 6.54 Å². The van der Waals surface area contributed by atoms with Crippen LogP contribution in [0.4, 0.5) is 4.79 Å². The first-order chi connectivity index (χ1) is 19.1. The van der Waals surface area contributed by atoms with Crippen molar-refractivity contribution >= 4 is 18.0 Å². The van der Waals surface area contributed by atoms with Gasteiger partial charge in [0.05, 0.1) is 0 Å². The number of carbonyl (C=O) groups is 3. The van der Waals surface area contributed by atoms with Gasteiger partial charge < -0.3 is 20.1 Å². The number of carboxylic acid groups (broad SMARTS) is 1. The van der Waals surface area contributed by atoms with E-state index < -0.39 is 29.6 Å². The summed E-state index contributed by atoms with van der Waals surface area (Å²) in [5.41, 5.74) is 4.02. The molecule has 40 heavy (non-hydrogen) atoms. The number of nitrogens with zero attached hydrogens (tertiary/aromatic N) is 2. The monoisotopic (exact) mass is 543 g/mol. The van der Waals surface area contributed by atoms with Crippen LogP contribution in [0.3, 0.4) is 0 Å². The van der Waals surface area contributed by atoms with Crippen molar-refractivity contribution in [3.8, 4) is 11.1 Å². The molecule has 1 atom stereocenters. The zero-order valence-electron chi connectivity index (χ0n) is 23.5. The molecule has 1 aliphatic carbocycles. The van der Waals surface area contributed by atoms with Gasteiger partial charge in [0.2, 0.25) is 5.91 Å². The van der Waals surface area contributed by atoms with Crippen LogP contribution in [-0.4, -0.2) is 71.2 Å². The molecule has 2 N–H and O–H groups in total. The van der Waals surface area contributed by atoms with Crippen LogP contribution in [0.1, 0.15) is 43.4 Å². The van der Waals surface area contributed by atoms with Crippen molar-refractivity contribution < 1.29 is 24.2 Å². The number of carboxylic acids is 1. The molecule has 210 valence electrons. The number of benzene rings is 3. The Morgan fingerprint density at radius 1 is 0.925 bits per heavy atom. The molecule has 0 spiro atoms. The van der Waals surface area contributed by atoms with E-state index in [2.05, 4.69) is 17.4 Å². The van der Waals surface area contributed by atoms with E-state index in [4.69, 9.17) is 4.74 Å². The summed E-state index contributed by atoms with van der Waals surface area (Å²) in [6.45, 7) is 5.68. The lowest BCUT2D eigenvalue weighted by atomic mass is 9.98. The van der Waals surface area contributed by atoms with Gasteiger partial charge in [-0.25, -0.2) is 9.59 Å². The second-order valence-electron chi connectivity index (χ2n) is 10.7. The summed E-state index contributed by atoms with van der Waals surface area (Å²) in [6.07, 6.45) is -0.725. The van der Waals surface area contributed by atoms with Gasteiger partial charge in [-0.05, 0) is 55.6 Å². The number of rotatable bonds is 11. The number of aliphatic carboxylic acids is 1. The average molecular weight is 544 g/mol. The van der Waals surface area contributed by atoms with Crippen molar-refractivity contribution in [2.45, 2.75) is 44.8 Å². The van der Waals surface area contributed by atoms with Crippen LogP contribution in [-0.2, 0) is 20.9 Å². The maximum Gasteiger partial charge on any atom is 0.407 e. The highest BCUT2D eigenvalue weighted by Crippen LogP contribution is 2.44. The fourth-order valence-electron chi connectivity index (χ4n) is 5.37. The minimum absolute atomic E-state index is 0.110. The molecule has 2 amide bonds. The van der Waals surface area contributed by atoms with Gasteiger partial charge in [-0.2, -0.15) is 0 Å². The first kappa shape index (κ1) is 28.8. The molecule has 4 rings (SSSR count). The molecule has 3 aromatic rings. The third-order valence-electron chi connectivity index (χ3n) is 7.50. The van der Waals surface area contributed by atoms with Gasteiger partial charge in [0.1, 0.15) is 18.2 Å². The van der Waals surface area contributed by atoms with Crippen LogP contribution in [0.2, 0.25) is 0 Å².